The van der Waals surface area contributed by atoms with E-state index in [2.05, 4.69) is 15.6 Å². The fraction of sp³-hybridized carbons (Fsp3) is 0.0800. The molecule has 2 aromatic heterocycles. The quantitative estimate of drug-likeness (QED) is 0.249. The molecule has 0 radical (unpaired) electrons. The van der Waals surface area contributed by atoms with Crippen LogP contribution < -0.4 is 16.2 Å². The Labute approximate surface area is 211 Å². The summed E-state index contributed by atoms with van der Waals surface area (Å²) in [4.78, 5) is 17.2. The zero-order valence-corrected chi connectivity index (χ0v) is 20.1. The van der Waals surface area contributed by atoms with Gasteiger partial charge in [0.2, 0.25) is 0 Å². The molecule has 2 heterocycles. The van der Waals surface area contributed by atoms with Crippen LogP contribution in [0.4, 0.5) is 10.1 Å². The van der Waals surface area contributed by atoms with Crippen LogP contribution in [0, 0.1) is 5.82 Å². The zero-order chi connectivity index (χ0) is 24.1. The van der Waals surface area contributed by atoms with Gasteiger partial charge >= 0.3 is 0 Å². The number of pyridine rings is 2. The average Bonchev–Trinajstić information content (AvgIpc) is 2.85. The van der Waals surface area contributed by atoms with Crippen LogP contribution in [0.5, 0.6) is 0 Å². The standard InChI is InChI=1S/C25H19Cl2FN4OS/c26-22-19(28)8-9-20(23(22)27)31-25(34)30-14-18-7-4-11-29-24(18)17-10-12-32(21(33)13-17)15-16-5-2-1-3-6-16/h1-13H,14-15H2,(H2,30,31,34). The molecule has 0 amide bonds. The van der Waals surface area contributed by atoms with Crippen molar-refractivity contribution in [1.29, 1.82) is 0 Å². The number of rotatable bonds is 6. The second-order valence-corrected chi connectivity index (χ2v) is 8.57. The summed E-state index contributed by atoms with van der Waals surface area (Å²) in [5, 5.41) is 6.14. The van der Waals surface area contributed by atoms with Gasteiger partial charge in [0.05, 0.1) is 28.0 Å². The number of hydrogen-bond donors (Lipinski definition) is 2. The van der Waals surface area contributed by atoms with Gasteiger partial charge in [-0.3, -0.25) is 9.78 Å². The lowest BCUT2D eigenvalue weighted by Gasteiger charge is -2.14. The van der Waals surface area contributed by atoms with E-state index in [0.29, 0.717) is 30.0 Å². The van der Waals surface area contributed by atoms with E-state index in [0.717, 1.165) is 11.1 Å². The summed E-state index contributed by atoms with van der Waals surface area (Å²) in [6.07, 6.45) is 3.44. The molecule has 0 spiro atoms. The Kier molecular flexibility index (Phi) is 7.57. The fourth-order valence-electron chi connectivity index (χ4n) is 3.37. The third kappa shape index (κ3) is 5.62. The number of anilines is 1. The molecule has 0 bridgehead atoms. The molecule has 0 aliphatic rings. The molecule has 4 rings (SSSR count). The molecule has 5 nitrogen and oxygen atoms in total. The highest BCUT2D eigenvalue weighted by molar-refractivity contribution is 7.80. The van der Waals surface area contributed by atoms with Gasteiger partial charge in [-0.05, 0) is 47.6 Å². The van der Waals surface area contributed by atoms with Crippen molar-refractivity contribution in [2.24, 2.45) is 0 Å². The predicted octanol–water partition coefficient (Wildman–Crippen LogP) is 5.89. The van der Waals surface area contributed by atoms with Crippen molar-refractivity contribution in [3.63, 3.8) is 0 Å². The van der Waals surface area contributed by atoms with Crippen LogP contribution in [0.15, 0.2) is 83.9 Å². The molecule has 172 valence electrons. The molecule has 0 unspecified atom stereocenters. The van der Waals surface area contributed by atoms with Crippen molar-refractivity contribution < 1.29 is 4.39 Å². The Hall–Kier alpha value is -3.26. The van der Waals surface area contributed by atoms with Gasteiger partial charge in [0.25, 0.3) is 5.56 Å². The van der Waals surface area contributed by atoms with Crippen molar-refractivity contribution >= 4 is 46.2 Å². The largest absolute Gasteiger partial charge is 0.358 e. The van der Waals surface area contributed by atoms with Crippen LogP contribution >= 0.6 is 35.4 Å². The number of nitrogens with one attached hydrogen (secondary N) is 2. The topological polar surface area (TPSA) is 59.0 Å². The molecule has 0 saturated carbocycles. The molecule has 0 fully saturated rings. The molecule has 0 aliphatic heterocycles. The van der Waals surface area contributed by atoms with Gasteiger partial charge in [-0.2, -0.15) is 0 Å². The highest BCUT2D eigenvalue weighted by Gasteiger charge is 2.12. The molecule has 2 N–H and O–H groups in total. The van der Waals surface area contributed by atoms with Gasteiger partial charge in [-0.25, -0.2) is 4.39 Å². The van der Waals surface area contributed by atoms with Gasteiger partial charge < -0.3 is 15.2 Å². The minimum absolute atomic E-state index is 0.0453. The van der Waals surface area contributed by atoms with Crippen LogP contribution in [0.25, 0.3) is 11.3 Å². The molecule has 0 saturated heterocycles. The van der Waals surface area contributed by atoms with Gasteiger partial charge in [0.1, 0.15) is 5.82 Å². The molecular formula is C25H19Cl2FN4OS. The third-order valence-electron chi connectivity index (χ3n) is 5.08. The molecule has 9 heteroatoms. The first-order chi connectivity index (χ1) is 16.4. The van der Waals surface area contributed by atoms with Crippen LogP contribution in [0.2, 0.25) is 10.0 Å². The summed E-state index contributed by atoms with van der Waals surface area (Å²) in [5.41, 5.74) is 3.53. The van der Waals surface area contributed by atoms with E-state index in [4.69, 9.17) is 35.4 Å². The fourth-order valence-corrected chi connectivity index (χ4v) is 3.92. The van der Waals surface area contributed by atoms with Gasteiger partial charge in [-0.1, -0.05) is 59.6 Å². The smallest absolute Gasteiger partial charge is 0.251 e. The number of halogens is 3. The van der Waals surface area contributed by atoms with E-state index >= 15 is 0 Å². The molecule has 0 atom stereocenters. The van der Waals surface area contributed by atoms with E-state index in [1.54, 1.807) is 23.0 Å². The summed E-state index contributed by atoms with van der Waals surface area (Å²) in [5.74, 6) is -0.609. The van der Waals surface area contributed by atoms with E-state index in [1.807, 2.05) is 48.5 Å². The molecular weight excluding hydrogens is 494 g/mol. The van der Waals surface area contributed by atoms with Crippen LogP contribution in [-0.4, -0.2) is 14.7 Å². The molecule has 2 aromatic carbocycles. The number of hydrogen-bond acceptors (Lipinski definition) is 3. The van der Waals surface area contributed by atoms with Crippen LogP contribution in [-0.2, 0) is 13.1 Å². The van der Waals surface area contributed by atoms with Crippen LogP contribution in [0.3, 0.4) is 0 Å². The minimum Gasteiger partial charge on any atom is -0.358 e. The van der Waals surface area contributed by atoms with Gasteiger partial charge in [-0.15, -0.1) is 0 Å². The van der Waals surface area contributed by atoms with E-state index < -0.39 is 5.82 Å². The molecule has 4 aromatic rings. The highest BCUT2D eigenvalue weighted by Crippen LogP contribution is 2.32. The summed E-state index contributed by atoms with van der Waals surface area (Å²) in [6.45, 7) is 0.834. The Morgan fingerprint density at radius 1 is 1.03 bits per heavy atom. The average molecular weight is 513 g/mol. The van der Waals surface area contributed by atoms with Crippen molar-refractivity contribution in [1.82, 2.24) is 14.9 Å². The Morgan fingerprint density at radius 2 is 1.82 bits per heavy atom. The summed E-state index contributed by atoms with van der Waals surface area (Å²) in [6, 6.07) is 19.6. The molecule has 0 aliphatic carbocycles. The van der Waals surface area contributed by atoms with Gasteiger partial charge in [0, 0.05) is 30.6 Å². The number of aromatic nitrogens is 2. The van der Waals surface area contributed by atoms with Crippen molar-refractivity contribution in [3.8, 4) is 11.3 Å². The van der Waals surface area contributed by atoms with Crippen molar-refractivity contribution in [3.05, 3.63) is 116 Å². The molecule has 34 heavy (non-hydrogen) atoms. The van der Waals surface area contributed by atoms with Crippen LogP contribution in [0.1, 0.15) is 11.1 Å². The number of nitrogens with zero attached hydrogens (tertiary/aromatic N) is 2. The van der Waals surface area contributed by atoms with Crippen molar-refractivity contribution in [2.75, 3.05) is 5.32 Å². The number of thiocarbonyl (C=S) groups is 1. The number of benzene rings is 2. The maximum atomic E-state index is 13.5. The SMILES string of the molecule is O=c1cc(-c2ncccc2CNC(=S)Nc2ccc(F)c(Cl)c2Cl)ccn1Cc1ccccc1. The first kappa shape index (κ1) is 23.9. The van der Waals surface area contributed by atoms with Gasteiger partial charge in [0.15, 0.2) is 5.11 Å². The van der Waals surface area contributed by atoms with E-state index in [1.165, 1.54) is 12.1 Å². The lowest BCUT2D eigenvalue weighted by atomic mass is 10.1. The summed E-state index contributed by atoms with van der Waals surface area (Å²) in [7, 11) is 0. The lowest BCUT2D eigenvalue weighted by molar-refractivity contribution is 0.628. The summed E-state index contributed by atoms with van der Waals surface area (Å²) < 4.78 is 15.2. The maximum Gasteiger partial charge on any atom is 0.251 e. The normalized spacial score (nSPS) is 10.7. The highest BCUT2D eigenvalue weighted by atomic mass is 35.5. The summed E-state index contributed by atoms with van der Waals surface area (Å²) >= 11 is 17.3. The Morgan fingerprint density at radius 3 is 2.59 bits per heavy atom. The van der Waals surface area contributed by atoms with Crippen molar-refractivity contribution in [2.45, 2.75) is 13.1 Å². The third-order valence-corrected chi connectivity index (χ3v) is 6.18. The zero-order valence-electron chi connectivity index (χ0n) is 17.8. The maximum absolute atomic E-state index is 13.5. The second-order valence-electron chi connectivity index (χ2n) is 7.41. The minimum atomic E-state index is -0.609. The first-order valence-corrected chi connectivity index (χ1v) is 11.5. The lowest BCUT2D eigenvalue weighted by Crippen LogP contribution is -2.28. The Bertz CT molecular complexity index is 1400. The second kappa shape index (κ2) is 10.8. The predicted molar refractivity (Wildman–Crippen MR) is 139 cm³/mol. The first-order valence-electron chi connectivity index (χ1n) is 10.3. The Balaban J connectivity index is 1.48. The van der Waals surface area contributed by atoms with E-state index in [-0.39, 0.29) is 20.7 Å². The van der Waals surface area contributed by atoms with E-state index in [9.17, 15) is 9.18 Å². The monoisotopic (exact) mass is 512 g/mol.